The van der Waals surface area contributed by atoms with E-state index in [0.717, 1.165) is 30.8 Å². The molecule has 0 radical (unpaired) electrons. The number of nitrogens with zero attached hydrogens (tertiary/aromatic N) is 2. The van der Waals surface area contributed by atoms with Crippen molar-refractivity contribution >= 4 is 5.91 Å². The SMILES string of the molecule is Cc1nccn1CCNC(=O)C1(c2ccccc2)CCOCC1. The van der Waals surface area contributed by atoms with E-state index in [-0.39, 0.29) is 5.91 Å². The van der Waals surface area contributed by atoms with Crippen LogP contribution in [0.5, 0.6) is 0 Å². The molecule has 1 aliphatic rings. The summed E-state index contributed by atoms with van der Waals surface area (Å²) in [6, 6.07) is 10.1. The molecule has 1 aromatic carbocycles. The van der Waals surface area contributed by atoms with Gasteiger partial charge in [-0.1, -0.05) is 30.3 Å². The second-order valence-corrected chi connectivity index (χ2v) is 5.98. The molecule has 122 valence electrons. The Labute approximate surface area is 136 Å². The average molecular weight is 313 g/mol. The molecule has 0 unspecified atom stereocenters. The van der Waals surface area contributed by atoms with Crippen molar-refractivity contribution in [2.75, 3.05) is 19.8 Å². The molecule has 0 spiro atoms. The maximum atomic E-state index is 12.9. The highest BCUT2D eigenvalue weighted by molar-refractivity contribution is 5.88. The Kier molecular flexibility index (Phi) is 4.76. The van der Waals surface area contributed by atoms with E-state index >= 15 is 0 Å². The zero-order valence-corrected chi connectivity index (χ0v) is 13.5. The van der Waals surface area contributed by atoms with Crippen LogP contribution in [-0.2, 0) is 21.5 Å². The lowest BCUT2D eigenvalue weighted by atomic mass is 9.73. The number of hydrogen-bond donors (Lipinski definition) is 1. The van der Waals surface area contributed by atoms with Crippen LogP contribution in [0.4, 0.5) is 0 Å². The smallest absolute Gasteiger partial charge is 0.230 e. The van der Waals surface area contributed by atoms with Crippen LogP contribution in [0.1, 0.15) is 24.2 Å². The normalized spacial score (nSPS) is 16.9. The zero-order chi connectivity index (χ0) is 16.1. The molecule has 0 aliphatic carbocycles. The molecular formula is C18H23N3O2. The topological polar surface area (TPSA) is 56.2 Å². The molecule has 5 nitrogen and oxygen atoms in total. The number of benzene rings is 1. The number of ether oxygens (including phenoxy) is 1. The standard InChI is InChI=1S/C18H23N3O2/c1-15-19-9-11-21(15)12-10-20-17(22)18(7-13-23-14-8-18)16-5-3-2-4-6-16/h2-6,9,11H,7-8,10,12-14H2,1H3,(H,20,22). The number of rotatable bonds is 5. The van der Waals surface area contributed by atoms with Crippen molar-refractivity contribution in [3.8, 4) is 0 Å². The van der Waals surface area contributed by atoms with Crippen LogP contribution in [0.15, 0.2) is 42.7 Å². The third-order valence-electron chi connectivity index (χ3n) is 4.67. The van der Waals surface area contributed by atoms with Crippen molar-refractivity contribution in [1.82, 2.24) is 14.9 Å². The summed E-state index contributed by atoms with van der Waals surface area (Å²) in [4.78, 5) is 17.1. The fourth-order valence-corrected chi connectivity index (χ4v) is 3.22. The van der Waals surface area contributed by atoms with Gasteiger partial charge in [0.2, 0.25) is 5.91 Å². The van der Waals surface area contributed by atoms with Crippen LogP contribution in [0, 0.1) is 6.92 Å². The molecule has 1 aliphatic heterocycles. The predicted octanol–water partition coefficient (Wildman–Crippen LogP) is 2.06. The van der Waals surface area contributed by atoms with Gasteiger partial charge in [-0.2, -0.15) is 0 Å². The third kappa shape index (κ3) is 3.29. The fraction of sp³-hybridized carbons (Fsp3) is 0.444. The molecule has 1 saturated heterocycles. The largest absolute Gasteiger partial charge is 0.381 e. The second kappa shape index (κ2) is 6.96. The lowest BCUT2D eigenvalue weighted by molar-refractivity contribution is -0.130. The molecule has 5 heteroatoms. The van der Waals surface area contributed by atoms with Crippen molar-refractivity contribution in [1.29, 1.82) is 0 Å². The summed E-state index contributed by atoms with van der Waals surface area (Å²) in [5.74, 6) is 1.06. The highest BCUT2D eigenvalue weighted by atomic mass is 16.5. The number of carbonyl (C=O) groups is 1. The van der Waals surface area contributed by atoms with Crippen LogP contribution in [0.25, 0.3) is 0 Å². The van der Waals surface area contributed by atoms with Gasteiger partial charge in [0.15, 0.2) is 0 Å². The fourth-order valence-electron chi connectivity index (χ4n) is 3.22. The first-order valence-electron chi connectivity index (χ1n) is 8.12. The Morgan fingerprint density at radius 1 is 1.30 bits per heavy atom. The summed E-state index contributed by atoms with van der Waals surface area (Å²) < 4.78 is 7.52. The molecule has 2 heterocycles. The van der Waals surface area contributed by atoms with Crippen molar-refractivity contribution in [2.24, 2.45) is 0 Å². The number of carbonyl (C=O) groups excluding carboxylic acids is 1. The van der Waals surface area contributed by atoms with E-state index in [4.69, 9.17) is 4.74 Å². The predicted molar refractivity (Wildman–Crippen MR) is 88.1 cm³/mol. The molecule has 1 amide bonds. The minimum Gasteiger partial charge on any atom is -0.381 e. The van der Waals surface area contributed by atoms with Gasteiger partial charge < -0.3 is 14.6 Å². The van der Waals surface area contributed by atoms with Crippen LogP contribution in [-0.4, -0.2) is 35.2 Å². The number of aryl methyl sites for hydroxylation is 1. The van der Waals surface area contributed by atoms with Crippen LogP contribution >= 0.6 is 0 Å². The van der Waals surface area contributed by atoms with E-state index in [1.54, 1.807) is 6.20 Å². The summed E-state index contributed by atoms with van der Waals surface area (Å²) >= 11 is 0. The summed E-state index contributed by atoms with van der Waals surface area (Å²) in [5, 5.41) is 3.11. The highest BCUT2D eigenvalue weighted by Gasteiger charge is 2.41. The molecule has 0 saturated carbocycles. The molecule has 0 bridgehead atoms. The van der Waals surface area contributed by atoms with Gasteiger partial charge >= 0.3 is 0 Å². The third-order valence-corrected chi connectivity index (χ3v) is 4.67. The number of hydrogen-bond acceptors (Lipinski definition) is 3. The minimum atomic E-state index is -0.469. The highest BCUT2D eigenvalue weighted by Crippen LogP contribution is 2.35. The van der Waals surface area contributed by atoms with E-state index < -0.39 is 5.41 Å². The average Bonchev–Trinajstić information content (AvgIpc) is 3.01. The molecule has 3 rings (SSSR count). The van der Waals surface area contributed by atoms with Gasteiger partial charge in [0.1, 0.15) is 5.82 Å². The van der Waals surface area contributed by atoms with E-state index in [1.807, 2.05) is 48.0 Å². The van der Waals surface area contributed by atoms with E-state index in [1.165, 1.54) is 0 Å². The Hall–Kier alpha value is -2.14. The number of amides is 1. The van der Waals surface area contributed by atoms with Gasteiger partial charge in [-0.3, -0.25) is 4.79 Å². The first-order valence-corrected chi connectivity index (χ1v) is 8.12. The van der Waals surface area contributed by atoms with Crippen LogP contribution < -0.4 is 5.32 Å². The number of aromatic nitrogens is 2. The maximum absolute atomic E-state index is 12.9. The van der Waals surface area contributed by atoms with Gasteiger partial charge in [0.25, 0.3) is 0 Å². The molecular weight excluding hydrogens is 290 g/mol. The second-order valence-electron chi connectivity index (χ2n) is 5.98. The summed E-state index contributed by atoms with van der Waals surface area (Å²) in [5.41, 5.74) is 0.614. The molecule has 2 aromatic rings. The van der Waals surface area contributed by atoms with Gasteiger partial charge in [-0.25, -0.2) is 4.98 Å². The van der Waals surface area contributed by atoms with Crippen LogP contribution in [0.3, 0.4) is 0 Å². The molecule has 1 fully saturated rings. The van der Waals surface area contributed by atoms with Crippen LogP contribution in [0.2, 0.25) is 0 Å². The zero-order valence-electron chi connectivity index (χ0n) is 13.5. The van der Waals surface area contributed by atoms with Gasteiger partial charge in [0.05, 0.1) is 5.41 Å². The summed E-state index contributed by atoms with van der Waals surface area (Å²) in [6.45, 7) is 4.56. The van der Waals surface area contributed by atoms with Gasteiger partial charge in [-0.05, 0) is 25.3 Å². The molecule has 1 N–H and O–H groups in total. The van der Waals surface area contributed by atoms with Gasteiger partial charge in [0, 0.05) is 38.7 Å². The maximum Gasteiger partial charge on any atom is 0.230 e. The summed E-state index contributed by atoms with van der Waals surface area (Å²) in [7, 11) is 0. The first-order chi connectivity index (χ1) is 11.2. The summed E-state index contributed by atoms with van der Waals surface area (Å²) in [6.07, 6.45) is 5.17. The Balaban J connectivity index is 1.70. The van der Waals surface area contributed by atoms with Crippen molar-refractivity contribution in [3.05, 3.63) is 54.1 Å². The molecule has 23 heavy (non-hydrogen) atoms. The Morgan fingerprint density at radius 2 is 2.04 bits per heavy atom. The molecule has 0 atom stereocenters. The Morgan fingerprint density at radius 3 is 2.70 bits per heavy atom. The number of nitrogens with one attached hydrogen (secondary N) is 1. The van der Waals surface area contributed by atoms with Gasteiger partial charge in [-0.15, -0.1) is 0 Å². The van der Waals surface area contributed by atoms with Crippen molar-refractivity contribution < 1.29 is 9.53 Å². The Bertz CT molecular complexity index is 645. The lowest BCUT2D eigenvalue weighted by Crippen LogP contribution is -2.48. The lowest BCUT2D eigenvalue weighted by Gasteiger charge is -2.36. The van der Waals surface area contributed by atoms with E-state index in [9.17, 15) is 4.79 Å². The first kappa shape index (κ1) is 15.7. The van der Waals surface area contributed by atoms with Crippen molar-refractivity contribution in [3.63, 3.8) is 0 Å². The number of imidazole rings is 1. The van der Waals surface area contributed by atoms with E-state index in [0.29, 0.717) is 19.8 Å². The minimum absolute atomic E-state index is 0.102. The molecule has 1 aromatic heterocycles. The van der Waals surface area contributed by atoms with E-state index in [2.05, 4.69) is 10.3 Å². The quantitative estimate of drug-likeness (QED) is 0.919. The monoisotopic (exact) mass is 313 g/mol. The van der Waals surface area contributed by atoms with Crippen molar-refractivity contribution in [2.45, 2.75) is 31.7 Å².